The summed E-state index contributed by atoms with van der Waals surface area (Å²) in [6.45, 7) is 1.63. The topological polar surface area (TPSA) is 51.1 Å². The standard InChI is InChI=1S/C13H13BrN4O/c1-19-12-3-6-16-13(17-12)18-7-4-11-9(8-18)10(14)2-5-15-11/h2-3,5-6H,4,7-8H2,1H3. The smallest absolute Gasteiger partial charge is 0.228 e. The lowest BCUT2D eigenvalue weighted by molar-refractivity contribution is 0.396. The van der Waals surface area contributed by atoms with Crippen molar-refractivity contribution >= 4 is 21.9 Å². The van der Waals surface area contributed by atoms with Crippen LogP contribution in [0.3, 0.4) is 0 Å². The lowest BCUT2D eigenvalue weighted by Crippen LogP contribution is -2.32. The number of ether oxygens (including phenoxy) is 1. The summed E-state index contributed by atoms with van der Waals surface area (Å²) >= 11 is 3.58. The van der Waals surface area contributed by atoms with Crippen LogP contribution in [0.2, 0.25) is 0 Å². The molecule has 2 aromatic heterocycles. The first-order valence-corrected chi connectivity index (χ1v) is 6.81. The number of halogens is 1. The molecule has 0 saturated carbocycles. The van der Waals surface area contributed by atoms with Crippen molar-refractivity contribution in [3.05, 3.63) is 40.3 Å². The Hall–Kier alpha value is -1.69. The molecule has 3 rings (SSSR count). The summed E-state index contributed by atoms with van der Waals surface area (Å²) in [5, 5.41) is 0. The molecule has 0 spiro atoms. The largest absolute Gasteiger partial charge is 0.481 e. The Labute approximate surface area is 119 Å². The fraction of sp³-hybridized carbons (Fsp3) is 0.308. The summed E-state index contributed by atoms with van der Waals surface area (Å²) in [5.74, 6) is 1.28. The maximum atomic E-state index is 5.14. The van der Waals surface area contributed by atoms with Gasteiger partial charge in [0.15, 0.2) is 0 Å². The van der Waals surface area contributed by atoms with Crippen molar-refractivity contribution in [2.45, 2.75) is 13.0 Å². The molecule has 2 aromatic rings. The van der Waals surface area contributed by atoms with Crippen molar-refractivity contribution in [3.8, 4) is 5.88 Å². The Morgan fingerprint density at radius 1 is 1.26 bits per heavy atom. The van der Waals surface area contributed by atoms with Crippen molar-refractivity contribution < 1.29 is 4.74 Å². The van der Waals surface area contributed by atoms with Crippen LogP contribution in [-0.2, 0) is 13.0 Å². The normalized spacial score (nSPS) is 14.1. The highest BCUT2D eigenvalue weighted by Crippen LogP contribution is 2.27. The number of rotatable bonds is 2. The van der Waals surface area contributed by atoms with E-state index in [-0.39, 0.29) is 0 Å². The molecule has 5 nitrogen and oxygen atoms in total. The highest BCUT2D eigenvalue weighted by atomic mass is 79.9. The monoisotopic (exact) mass is 320 g/mol. The van der Waals surface area contributed by atoms with Crippen LogP contribution in [0.25, 0.3) is 0 Å². The number of nitrogens with zero attached hydrogens (tertiary/aromatic N) is 4. The van der Waals surface area contributed by atoms with Crippen LogP contribution >= 0.6 is 15.9 Å². The van der Waals surface area contributed by atoms with Gasteiger partial charge in [0.1, 0.15) is 0 Å². The van der Waals surface area contributed by atoms with E-state index < -0.39 is 0 Å². The second-order valence-electron chi connectivity index (χ2n) is 4.29. The van der Waals surface area contributed by atoms with Crippen LogP contribution in [0.4, 0.5) is 5.95 Å². The number of hydrogen-bond acceptors (Lipinski definition) is 5. The average Bonchev–Trinajstić information content (AvgIpc) is 2.47. The van der Waals surface area contributed by atoms with E-state index in [1.54, 1.807) is 19.4 Å². The molecular weight excluding hydrogens is 308 g/mol. The van der Waals surface area contributed by atoms with Crippen LogP contribution in [0.5, 0.6) is 5.88 Å². The average molecular weight is 321 g/mol. The maximum Gasteiger partial charge on any atom is 0.228 e. The molecule has 19 heavy (non-hydrogen) atoms. The Morgan fingerprint density at radius 3 is 2.95 bits per heavy atom. The molecule has 0 aromatic carbocycles. The van der Waals surface area contributed by atoms with Gasteiger partial charge in [0.05, 0.1) is 7.11 Å². The van der Waals surface area contributed by atoms with E-state index in [1.165, 1.54) is 5.56 Å². The number of anilines is 1. The predicted molar refractivity (Wildman–Crippen MR) is 75.3 cm³/mol. The van der Waals surface area contributed by atoms with Gasteiger partial charge in [0.2, 0.25) is 11.8 Å². The molecule has 0 atom stereocenters. The zero-order chi connectivity index (χ0) is 13.2. The van der Waals surface area contributed by atoms with Crippen molar-refractivity contribution in [2.75, 3.05) is 18.6 Å². The lowest BCUT2D eigenvalue weighted by atomic mass is 10.1. The number of aromatic nitrogens is 3. The van der Waals surface area contributed by atoms with Crippen LogP contribution in [0.1, 0.15) is 11.3 Å². The third-order valence-corrected chi connectivity index (χ3v) is 3.91. The van der Waals surface area contributed by atoms with Gasteiger partial charge in [-0.25, -0.2) is 4.98 Å². The molecule has 0 N–H and O–H groups in total. The molecule has 0 bridgehead atoms. The van der Waals surface area contributed by atoms with Gasteiger partial charge in [0, 0.05) is 53.7 Å². The van der Waals surface area contributed by atoms with Crippen molar-refractivity contribution in [3.63, 3.8) is 0 Å². The molecule has 1 aliphatic heterocycles. The van der Waals surface area contributed by atoms with E-state index in [9.17, 15) is 0 Å². The van der Waals surface area contributed by atoms with Crippen LogP contribution in [0, 0.1) is 0 Å². The summed E-state index contributed by atoms with van der Waals surface area (Å²) in [7, 11) is 1.61. The number of hydrogen-bond donors (Lipinski definition) is 0. The minimum Gasteiger partial charge on any atom is -0.481 e. The van der Waals surface area contributed by atoms with E-state index in [2.05, 4.69) is 35.8 Å². The summed E-state index contributed by atoms with van der Waals surface area (Å²) < 4.78 is 6.23. The van der Waals surface area contributed by atoms with Crippen molar-refractivity contribution in [1.29, 1.82) is 0 Å². The number of pyridine rings is 1. The molecule has 0 unspecified atom stereocenters. The summed E-state index contributed by atoms with van der Waals surface area (Å²) in [6.07, 6.45) is 4.45. The van der Waals surface area contributed by atoms with E-state index in [1.807, 2.05) is 12.3 Å². The van der Waals surface area contributed by atoms with Crippen LogP contribution in [0.15, 0.2) is 29.0 Å². The first-order valence-electron chi connectivity index (χ1n) is 6.02. The molecule has 0 saturated heterocycles. The van der Waals surface area contributed by atoms with E-state index >= 15 is 0 Å². The quantitative estimate of drug-likeness (QED) is 0.849. The Bertz CT molecular complexity index is 605. The molecule has 3 heterocycles. The zero-order valence-corrected chi connectivity index (χ0v) is 12.1. The highest BCUT2D eigenvalue weighted by Gasteiger charge is 2.21. The first-order chi connectivity index (χ1) is 9.28. The maximum absolute atomic E-state index is 5.14. The third-order valence-electron chi connectivity index (χ3n) is 3.16. The second-order valence-corrected chi connectivity index (χ2v) is 5.14. The van der Waals surface area contributed by atoms with Crippen LogP contribution in [-0.4, -0.2) is 28.6 Å². The van der Waals surface area contributed by atoms with Crippen molar-refractivity contribution in [1.82, 2.24) is 15.0 Å². The van der Waals surface area contributed by atoms with Gasteiger partial charge in [-0.3, -0.25) is 4.98 Å². The van der Waals surface area contributed by atoms with Crippen molar-refractivity contribution in [2.24, 2.45) is 0 Å². The molecule has 98 valence electrons. The molecule has 6 heteroatoms. The first kappa shape index (κ1) is 12.3. The van der Waals surface area contributed by atoms with Gasteiger partial charge in [-0.05, 0) is 6.07 Å². The SMILES string of the molecule is COc1ccnc(N2CCc3nccc(Br)c3C2)n1. The zero-order valence-electron chi connectivity index (χ0n) is 10.5. The van der Waals surface area contributed by atoms with E-state index in [0.29, 0.717) is 11.8 Å². The second kappa shape index (κ2) is 5.13. The summed E-state index contributed by atoms with van der Waals surface area (Å²) in [4.78, 5) is 15.2. The molecular formula is C13H13BrN4O. The molecule has 1 aliphatic rings. The van der Waals surface area contributed by atoms with Gasteiger partial charge in [-0.2, -0.15) is 4.98 Å². The van der Waals surface area contributed by atoms with Gasteiger partial charge in [-0.1, -0.05) is 15.9 Å². The number of methoxy groups -OCH3 is 1. The Kier molecular flexibility index (Phi) is 3.33. The molecule has 0 radical (unpaired) electrons. The molecule has 0 amide bonds. The van der Waals surface area contributed by atoms with Gasteiger partial charge in [-0.15, -0.1) is 0 Å². The molecule has 0 aliphatic carbocycles. The Balaban J connectivity index is 1.91. The predicted octanol–water partition coefficient (Wildman–Crippen LogP) is 2.21. The van der Waals surface area contributed by atoms with E-state index in [0.717, 1.165) is 29.7 Å². The highest BCUT2D eigenvalue weighted by molar-refractivity contribution is 9.10. The van der Waals surface area contributed by atoms with Crippen LogP contribution < -0.4 is 9.64 Å². The lowest BCUT2D eigenvalue weighted by Gasteiger charge is -2.28. The van der Waals surface area contributed by atoms with E-state index in [4.69, 9.17) is 4.74 Å². The van der Waals surface area contributed by atoms with Gasteiger partial charge >= 0.3 is 0 Å². The van der Waals surface area contributed by atoms with Gasteiger partial charge in [0.25, 0.3) is 0 Å². The Morgan fingerprint density at radius 2 is 2.11 bits per heavy atom. The number of fused-ring (bicyclic) bond motifs is 1. The minimum atomic E-state index is 0.584. The van der Waals surface area contributed by atoms with Gasteiger partial charge < -0.3 is 9.64 Å². The summed E-state index contributed by atoms with van der Waals surface area (Å²) in [6, 6.07) is 3.72. The third kappa shape index (κ3) is 2.40. The minimum absolute atomic E-state index is 0.584. The fourth-order valence-electron chi connectivity index (χ4n) is 2.17. The fourth-order valence-corrected chi connectivity index (χ4v) is 2.64. The molecule has 0 fully saturated rings. The summed E-state index contributed by atoms with van der Waals surface area (Å²) in [5.41, 5.74) is 2.36.